The van der Waals surface area contributed by atoms with Crippen LogP contribution in [0.4, 0.5) is 0 Å². The van der Waals surface area contributed by atoms with E-state index in [1.807, 2.05) is 24.3 Å². The van der Waals surface area contributed by atoms with Gasteiger partial charge in [0.2, 0.25) is 0 Å². The summed E-state index contributed by atoms with van der Waals surface area (Å²) in [5.74, 6) is 5.27. The van der Waals surface area contributed by atoms with Gasteiger partial charge in [-0.3, -0.25) is 14.5 Å². The molecule has 21 heavy (non-hydrogen) atoms. The van der Waals surface area contributed by atoms with Crippen molar-refractivity contribution in [3.8, 4) is 11.8 Å². The third-order valence-corrected chi connectivity index (χ3v) is 3.70. The maximum absolute atomic E-state index is 12.2. The lowest BCUT2D eigenvalue weighted by Gasteiger charge is -2.29. The molecular formula is C16H16N2O3. The Kier molecular flexibility index (Phi) is 3.74. The van der Waals surface area contributed by atoms with Crippen molar-refractivity contribution < 1.29 is 14.3 Å². The highest BCUT2D eigenvalue weighted by atomic mass is 16.5. The summed E-state index contributed by atoms with van der Waals surface area (Å²) in [5, 5.41) is 0. The first kappa shape index (κ1) is 13.8. The molecule has 2 unspecified atom stereocenters. The molecule has 2 N–H and O–H groups in total. The molecule has 2 aliphatic rings. The second-order valence-corrected chi connectivity index (χ2v) is 5.16. The fourth-order valence-electron chi connectivity index (χ4n) is 2.70. The molecule has 0 aliphatic carbocycles. The number of imide groups is 1. The Hall–Kier alpha value is -2.16. The average Bonchev–Trinajstić information content (AvgIpc) is 2.95. The van der Waals surface area contributed by atoms with Crippen LogP contribution in [0.3, 0.4) is 0 Å². The summed E-state index contributed by atoms with van der Waals surface area (Å²) in [4.78, 5) is 25.7. The summed E-state index contributed by atoms with van der Waals surface area (Å²) in [5.41, 5.74) is 7.06. The van der Waals surface area contributed by atoms with Crippen LogP contribution >= 0.6 is 0 Å². The largest absolute Gasteiger partial charge is 0.355 e. The summed E-state index contributed by atoms with van der Waals surface area (Å²) in [6.45, 7) is 0.570. The predicted molar refractivity (Wildman–Crippen MR) is 75.8 cm³/mol. The molecule has 2 amide bonds. The van der Waals surface area contributed by atoms with Crippen LogP contribution in [0.5, 0.6) is 0 Å². The summed E-state index contributed by atoms with van der Waals surface area (Å²) in [6, 6.07) is 7.49. The van der Waals surface area contributed by atoms with Gasteiger partial charge in [-0.1, -0.05) is 24.0 Å². The smallest absolute Gasteiger partial charge is 0.258 e. The Morgan fingerprint density at radius 3 is 2.62 bits per heavy atom. The van der Waals surface area contributed by atoms with E-state index in [1.165, 1.54) is 4.90 Å². The molecule has 2 fully saturated rings. The van der Waals surface area contributed by atoms with Crippen LogP contribution in [-0.4, -0.2) is 35.5 Å². The third kappa shape index (κ3) is 2.68. The molecule has 0 spiro atoms. The minimum Gasteiger partial charge on any atom is -0.355 e. The minimum absolute atomic E-state index is 0.229. The number of ether oxygens (including phenoxy) is 1. The van der Waals surface area contributed by atoms with E-state index < -0.39 is 12.2 Å². The fraction of sp³-hybridized carbons (Fsp3) is 0.375. The summed E-state index contributed by atoms with van der Waals surface area (Å²) in [7, 11) is 0. The van der Waals surface area contributed by atoms with Crippen LogP contribution in [0, 0.1) is 11.8 Å². The van der Waals surface area contributed by atoms with E-state index in [-0.39, 0.29) is 18.4 Å². The zero-order valence-corrected chi connectivity index (χ0v) is 11.5. The highest BCUT2D eigenvalue weighted by Crippen LogP contribution is 2.29. The molecule has 2 atom stereocenters. The van der Waals surface area contributed by atoms with Gasteiger partial charge >= 0.3 is 0 Å². The topological polar surface area (TPSA) is 72.6 Å². The molecule has 0 aromatic heterocycles. The standard InChI is InChI=1S/C16H16N2O3/c17-8-2-5-11-3-1-4-12(9-11)10-18-15(19)13-6-7-14(21-13)16(18)20/h1,3-4,9,13-14H,6-8,10,17H2. The molecule has 2 bridgehead atoms. The van der Waals surface area contributed by atoms with Crippen molar-refractivity contribution in [2.75, 3.05) is 6.54 Å². The van der Waals surface area contributed by atoms with Crippen LogP contribution in [0.1, 0.15) is 24.0 Å². The normalized spacial score (nSPS) is 24.0. The fourth-order valence-corrected chi connectivity index (χ4v) is 2.70. The van der Waals surface area contributed by atoms with E-state index in [1.54, 1.807) is 0 Å². The van der Waals surface area contributed by atoms with Crippen molar-refractivity contribution >= 4 is 11.8 Å². The van der Waals surface area contributed by atoms with Gasteiger partial charge in [0, 0.05) is 5.56 Å². The molecule has 0 radical (unpaired) electrons. The summed E-state index contributed by atoms with van der Waals surface area (Å²) >= 11 is 0. The zero-order valence-electron chi connectivity index (χ0n) is 11.5. The number of carbonyl (C=O) groups is 2. The number of hydrogen-bond donors (Lipinski definition) is 1. The Morgan fingerprint density at radius 2 is 1.95 bits per heavy atom. The molecule has 1 aromatic carbocycles. The van der Waals surface area contributed by atoms with Crippen LogP contribution in [0.15, 0.2) is 24.3 Å². The number of nitrogens with two attached hydrogens (primary N) is 1. The van der Waals surface area contributed by atoms with Crippen LogP contribution in [0.2, 0.25) is 0 Å². The van der Waals surface area contributed by atoms with Gasteiger partial charge in [-0.2, -0.15) is 0 Å². The second kappa shape index (κ2) is 5.68. The average molecular weight is 284 g/mol. The molecule has 1 aromatic rings. The van der Waals surface area contributed by atoms with Gasteiger partial charge in [0.1, 0.15) is 12.2 Å². The Balaban J connectivity index is 1.80. The first-order valence-corrected chi connectivity index (χ1v) is 6.97. The molecule has 108 valence electrons. The van der Waals surface area contributed by atoms with E-state index in [4.69, 9.17) is 10.5 Å². The maximum atomic E-state index is 12.2. The van der Waals surface area contributed by atoms with Gasteiger partial charge in [-0.15, -0.1) is 0 Å². The van der Waals surface area contributed by atoms with Crippen LogP contribution < -0.4 is 5.73 Å². The number of carbonyl (C=O) groups excluding carboxylic acids is 2. The van der Waals surface area contributed by atoms with E-state index >= 15 is 0 Å². The number of benzene rings is 1. The van der Waals surface area contributed by atoms with Gasteiger partial charge in [-0.25, -0.2) is 0 Å². The molecular weight excluding hydrogens is 268 g/mol. The van der Waals surface area contributed by atoms with Crippen LogP contribution in [0.25, 0.3) is 0 Å². The molecule has 2 aliphatic heterocycles. The molecule has 5 heteroatoms. The number of nitrogens with zero attached hydrogens (tertiary/aromatic N) is 1. The predicted octanol–water partition coefficient (Wildman–Crippen LogP) is 0.413. The lowest BCUT2D eigenvalue weighted by Crippen LogP contribution is -2.51. The van der Waals surface area contributed by atoms with E-state index in [2.05, 4.69) is 11.8 Å². The number of likely N-dealkylation sites (tertiary alicyclic amines) is 1. The number of morpholine rings is 1. The highest BCUT2D eigenvalue weighted by molar-refractivity contribution is 6.02. The number of amides is 2. The first-order chi connectivity index (χ1) is 10.2. The van der Waals surface area contributed by atoms with Crippen molar-refractivity contribution in [3.63, 3.8) is 0 Å². The maximum Gasteiger partial charge on any atom is 0.258 e. The van der Waals surface area contributed by atoms with Gasteiger partial charge in [-0.05, 0) is 30.5 Å². The summed E-state index contributed by atoms with van der Waals surface area (Å²) in [6.07, 6.45) is 0.363. The van der Waals surface area contributed by atoms with Gasteiger partial charge in [0.15, 0.2) is 0 Å². The van der Waals surface area contributed by atoms with Crippen molar-refractivity contribution in [1.82, 2.24) is 4.90 Å². The number of fused-ring (bicyclic) bond motifs is 2. The zero-order chi connectivity index (χ0) is 14.8. The van der Waals surface area contributed by atoms with E-state index in [0.717, 1.165) is 11.1 Å². The van der Waals surface area contributed by atoms with Crippen molar-refractivity contribution in [2.24, 2.45) is 5.73 Å². The van der Waals surface area contributed by atoms with Gasteiger partial charge in [0.05, 0.1) is 13.1 Å². The molecule has 2 saturated heterocycles. The van der Waals surface area contributed by atoms with Crippen molar-refractivity contribution in [1.29, 1.82) is 0 Å². The Morgan fingerprint density at radius 1 is 1.24 bits per heavy atom. The Bertz CT molecular complexity index is 622. The lowest BCUT2D eigenvalue weighted by molar-refractivity contribution is -0.169. The first-order valence-electron chi connectivity index (χ1n) is 6.97. The van der Waals surface area contributed by atoms with Crippen LogP contribution in [-0.2, 0) is 20.9 Å². The molecule has 3 rings (SSSR count). The Labute approximate surface area is 123 Å². The second-order valence-electron chi connectivity index (χ2n) is 5.16. The molecule has 0 saturated carbocycles. The van der Waals surface area contributed by atoms with Crippen molar-refractivity contribution in [3.05, 3.63) is 35.4 Å². The number of rotatable bonds is 2. The van der Waals surface area contributed by atoms with Crippen molar-refractivity contribution in [2.45, 2.75) is 31.6 Å². The number of hydrogen-bond acceptors (Lipinski definition) is 4. The summed E-state index contributed by atoms with van der Waals surface area (Å²) < 4.78 is 5.39. The minimum atomic E-state index is -0.451. The molecule has 2 heterocycles. The quantitative estimate of drug-likeness (QED) is 0.631. The van der Waals surface area contributed by atoms with E-state index in [9.17, 15) is 9.59 Å². The highest BCUT2D eigenvalue weighted by Gasteiger charge is 2.46. The van der Waals surface area contributed by atoms with Gasteiger partial charge in [0.25, 0.3) is 11.8 Å². The monoisotopic (exact) mass is 284 g/mol. The van der Waals surface area contributed by atoms with Gasteiger partial charge < -0.3 is 10.5 Å². The van der Waals surface area contributed by atoms with E-state index in [0.29, 0.717) is 19.4 Å². The third-order valence-electron chi connectivity index (χ3n) is 3.70. The SMILES string of the molecule is NCC#Cc1cccc(CN2C(=O)C3CCC(O3)C2=O)c1. The molecule has 5 nitrogen and oxygen atoms in total. The lowest BCUT2D eigenvalue weighted by atomic mass is 10.1.